The summed E-state index contributed by atoms with van der Waals surface area (Å²) >= 11 is 0. The quantitative estimate of drug-likeness (QED) is 0.571. The maximum absolute atomic E-state index is 11.8. The molecule has 0 heterocycles. The van der Waals surface area contributed by atoms with Crippen LogP contribution >= 0.6 is 0 Å². The lowest BCUT2D eigenvalue weighted by atomic mass is 10.1. The minimum absolute atomic E-state index is 0.243. The first-order valence-corrected chi connectivity index (χ1v) is 5.53. The van der Waals surface area contributed by atoms with E-state index in [0.717, 1.165) is 0 Å². The average Bonchev–Trinajstić information content (AvgIpc) is 2.43. The van der Waals surface area contributed by atoms with Crippen LogP contribution in [-0.2, 0) is 9.53 Å². The summed E-state index contributed by atoms with van der Waals surface area (Å²) in [5.74, 6) is 0.271. The predicted octanol–water partition coefficient (Wildman–Crippen LogP) is 1.84. The summed E-state index contributed by atoms with van der Waals surface area (Å²) in [5, 5.41) is 0. The van der Waals surface area contributed by atoms with E-state index < -0.39 is 5.97 Å². The molecule has 98 valence electrons. The highest BCUT2D eigenvalue weighted by Gasteiger charge is 2.14. The second-order valence-electron chi connectivity index (χ2n) is 3.50. The van der Waals surface area contributed by atoms with Crippen molar-refractivity contribution in [3.05, 3.63) is 23.8 Å². The molecule has 1 rings (SSSR count). The van der Waals surface area contributed by atoms with Crippen molar-refractivity contribution in [1.82, 2.24) is 0 Å². The largest absolute Gasteiger partial charge is 0.497 e. The molecule has 0 N–H and O–H groups in total. The van der Waals surface area contributed by atoms with Crippen LogP contribution in [0, 0.1) is 0 Å². The van der Waals surface area contributed by atoms with Crippen LogP contribution in [-0.4, -0.2) is 32.6 Å². The molecule has 0 saturated heterocycles. The lowest BCUT2D eigenvalue weighted by molar-refractivity contribution is -0.142. The van der Waals surface area contributed by atoms with Crippen LogP contribution in [0.25, 0.3) is 0 Å². The molecule has 5 heteroatoms. The Morgan fingerprint density at radius 1 is 1.17 bits per heavy atom. The topological polar surface area (TPSA) is 61.8 Å². The molecule has 18 heavy (non-hydrogen) atoms. The minimum atomic E-state index is -0.407. The molecule has 0 amide bonds. The highest BCUT2D eigenvalue weighted by atomic mass is 16.5. The van der Waals surface area contributed by atoms with E-state index in [1.165, 1.54) is 14.2 Å². The van der Waals surface area contributed by atoms with E-state index in [-0.39, 0.29) is 18.8 Å². The minimum Gasteiger partial charge on any atom is -0.497 e. The lowest BCUT2D eigenvalue weighted by Gasteiger charge is -2.09. The molecular formula is C13H16O5. The van der Waals surface area contributed by atoms with Crippen LogP contribution in [0.2, 0.25) is 0 Å². The molecule has 0 atom stereocenters. The third-order valence-electron chi connectivity index (χ3n) is 2.36. The molecule has 0 aliphatic rings. The van der Waals surface area contributed by atoms with Gasteiger partial charge in [0.15, 0.2) is 6.61 Å². The maximum atomic E-state index is 11.8. The van der Waals surface area contributed by atoms with Gasteiger partial charge in [0.25, 0.3) is 0 Å². The maximum Gasteiger partial charge on any atom is 0.305 e. The number of benzene rings is 1. The number of carbonyl (C=O) groups is 2. The Morgan fingerprint density at radius 2 is 1.89 bits per heavy atom. The molecule has 0 unspecified atom stereocenters. The van der Waals surface area contributed by atoms with Crippen molar-refractivity contribution in [1.29, 1.82) is 0 Å². The molecule has 0 aliphatic carbocycles. The van der Waals surface area contributed by atoms with E-state index in [1.54, 1.807) is 25.1 Å². The molecule has 0 aliphatic heterocycles. The molecule has 5 nitrogen and oxygen atoms in total. The van der Waals surface area contributed by atoms with Crippen LogP contribution in [0.15, 0.2) is 18.2 Å². The Kier molecular flexibility index (Phi) is 5.17. The monoisotopic (exact) mass is 252 g/mol. The van der Waals surface area contributed by atoms with Crippen LogP contribution in [0.5, 0.6) is 11.5 Å². The van der Waals surface area contributed by atoms with Gasteiger partial charge in [-0.3, -0.25) is 9.59 Å². The van der Waals surface area contributed by atoms with Gasteiger partial charge >= 0.3 is 5.97 Å². The second kappa shape index (κ2) is 6.64. The van der Waals surface area contributed by atoms with Crippen LogP contribution < -0.4 is 9.47 Å². The molecule has 0 saturated carbocycles. The van der Waals surface area contributed by atoms with Gasteiger partial charge in [0, 0.05) is 12.5 Å². The third kappa shape index (κ3) is 3.48. The standard InChI is InChI=1S/C13H16O5/c1-4-13(15)18-8-11(14)10-6-5-9(16-2)7-12(10)17-3/h5-7H,4,8H2,1-3H3. The summed E-state index contributed by atoms with van der Waals surface area (Å²) in [6, 6.07) is 4.84. The normalized spacial score (nSPS) is 9.72. The van der Waals surface area contributed by atoms with Gasteiger partial charge in [0.1, 0.15) is 11.5 Å². The zero-order valence-corrected chi connectivity index (χ0v) is 10.7. The molecule has 0 fully saturated rings. The molecule has 0 spiro atoms. The molecule has 1 aromatic rings. The average molecular weight is 252 g/mol. The van der Waals surface area contributed by atoms with Crippen molar-refractivity contribution in [2.45, 2.75) is 13.3 Å². The smallest absolute Gasteiger partial charge is 0.305 e. The second-order valence-corrected chi connectivity index (χ2v) is 3.50. The number of rotatable bonds is 6. The van der Waals surface area contributed by atoms with Crippen LogP contribution in [0.4, 0.5) is 0 Å². The first kappa shape index (κ1) is 14.0. The summed E-state index contributed by atoms with van der Waals surface area (Å²) in [5.41, 5.74) is 0.363. The fraction of sp³-hybridized carbons (Fsp3) is 0.385. The Balaban J connectivity index is 2.81. The van der Waals surface area contributed by atoms with Gasteiger partial charge in [-0.15, -0.1) is 0 Å². The lowest BCUT2D eigenvalue weighted by Crippen LogP contribution is -2.14. The highest BCUT2D eigenvalue weighted by Crippen LogP contribution is 2.24. The molecular weight excluding hydrogens is 236 g/mol. The van der Waals surface area contributed by atoms with Gasteiger partial charge in [-0.2, -0.15) is 0 Å². The first-order chi connectivity index (χ1) is 8.62. The van der Waals surface area contributed by atoms with Gasteiger partial charge in [0.2, 0.25) is 5.78 Å². The number of ether oxygens (including phenoxy) is 3. The number of hydrogen-bond donors (Lipinski definition) is 0. The van der Waals surface area contributed by atoms with E-state index in [9.17, 15) is 9.59 Å². The Labute approximate surface area is 106 Å². The number of methoxy groups -OCH3 is 2. The van der Waals surface area contributed by atoms with Crippen LogP contribution in [0.1, 0.15) is 23.7 Å². The van der Waals surface area contributed by atoms with E-state index in [0.29, 0.717) is 17.1 Å². The van der Waals surface area contributed by atoms with Crippen molar-refractivity contribution in [2.24, 2.45) is 0 Å². The summed E-state index contributed by atoms with van der Waals surface area (Å²) < 4.78 is 14.9. The summed E-state index contributed by atoms with van der Waals surface area (Å²) in [7, 11) is 2.99. The van der Waals surface area contributed by atoms with Crippen LogP contribution in [0.3, 0.4) is 0 Å². The highest BCUT2D eigenvalue weighted by molar-refractivity contribution is 6.00. The van der Waals surface area contributed by atoms with Gasteiger partial charge in [-0.25, -0.2) is 0 Å². The molecule has 0 radical (unpaired) electrons. The number of hydrogen-bond acceptors (Lipinski definition) is 5. The van der Waals surface area contributed by atoms with Crippen molar-refractivity contribution in [3.63, 3.8) is 0 Å². The summed E-state index contributed by atoms with van der Waals surface area (Å²) in [6.07, 6.45) is 0.243. The van der Waals surface area contributed by atoms with Gasteiger partial charge < -0.3 is 14.2 Å². The number of esters is 1. The fourth-order valence-electron chi connectivity index (χ4n) is 1.35. The fourth-order valence-corrected chi connectivity index (χ4v) is 1.35. The summed E-state index contributed by atoms with van der Waals surface area (Å²) in [4.78, 5) is 22.8. The van der Waals surface area contributed by atoms with E-state index in [1.807, 2.05) is 0 Å². The Morgan fingerprint density at radius 3 is 2.44 bits per heavy atom. The zero-order chi connectivity index (χ0) is 13.5. The first-order valence-electron chi connectivity index (χ1n) is 5.53. The van der Waals surface area contributed by atoms with Crippen molar-refractivity contribution in [2.75, 3.05) is 20.8 Å². The number of carbonyl (C=O) groups excluding carboxylic acids is 2. The SMILES string of the molecule is CCC(=O)OCC(=O)c1ccc(OC)cc1OC. The van der Waals surface area contributed by atoms with E-state index in [2.05, 4.69) is 0 Å². The van der Waals surface area contributed by atoms with Gasteiger partial charge in [-0.05, 0) is 12.1 Å². The van der Waals surface area contributed by atoms with Crippen molar-refractivity contribution in [3.8, 4) is 11.5 Å². The zero-order valence-electron chi connectivity index (χ0n) is 10.7. The Bertz CT molecular complexity index is 439. The number of ketones is 1. The van der Waals surface area contributed by atoms with Crippen molar-refractivity contribution >= 4 is 11.8 Å². The molecule has 1 aromatic carbocycles. The van der Waals surface area contributed by atoms with E-state index >= 15 is 0 Å². The van der Waals surface area contributed by atoms with Gasteiger partial charge in [-0.1, -0.05) is 6.92 Å². The van der Waals surface area contributed by atoms with Gasteiger partial charge in [0.05, 0.1) is 19.8 Å². The Hall–Kier alpha value is -2.04. The van der Waals surface area contributed by atoms with Crippen molar-refractivity contribution < 1.29 is 23.8 Å². The molecule has 0 aromatic heterocycles. The predicted molar refractivity (Wildman–Crippen MR) is 65.1 cm³/mol. The summed E-state index contributed by atoms with van der Waals surface area (Å²) in [6.45, 7) is 1.39. The third-order valence-corrected chi connectivity index (χ3v) is 2.36. The molecule has 0 bridgehead atoms. The number of Topliss-reactive ketones (excluding diaryl/α,β-unsaturated/α-hetero) is 1. The van der Waals surface area contributed by atoms with E-state index in [4.69, 9.17) is 14.2 Å².